The third-order valence-electron chi connectivity index (χ3n) is 5.87. The predicted octanol–water partition coefficient (Wildman–Crippen LogP) is 2.96. The van der Waals surface area contributed by atoms with E-state index in [0.717, 1.165) is 18.7 Å². The van der Waals surface area contributed by atoms with E-state index in [0.29, 0.717) is 6.42 Å². The van der Waals surface area contributed by atoms with Crippen LogP contribution in [0.15, 0.2) is 54.6 Å². The summed E-state index contributed by atoms with van der Waals surface area (Å²) in [4.78, 5) is 27.0. The van der Waals surface area contributed by atoms with E-state index in [1.54, 1.807) is 0 Å². The Labute approximate surface area is 141 Å². The Balaban J connectivity index is 1.67. The molecule has 4 atom stereocenters. The van der Waals surface area contributed by atoms with Gasteiger partial charge in [0, 0.05) is 18.7 Å². The summed E-state index contributed by atoms with van der Waals surface area (Å²) in [5, 5.41) is 0. The maximum atomic E-state index is 13.4. The van der Waals surface area contributed by atoms with E-state index in [1.165, 1.54) is 7.11 Å². The largest absolute Gasteiger partial charge is 0.469 e. The molecule has 4 rings (SSSR count). The number of carbonyl (C=O) groups is 2. The molecule has 124 valence electrons. The lowest BCUT2D eigenvalue weighted by atomic mass is 9.69. The van der Waals surface area contributed by atoms with Gasteiger partial charge in [0.15, 0.2) is 0 Å². The van der Waals surface area contributed by atoms with E-state index >= 15 is 0 Å². The van der Waals surface area contributed by atoms with Crippen LogP contribution in [-0.2, 0) is 14.3 Å². The van der Waals surface area contributed by atoms with Crippen molar-refractivity contribution < 1.29 is 14.3 Å². The second-order valence-corrected chi connectivity index (χ2v) is 6.93. The van der Waals surface area contributed by atoms with E-state index in [9.17, 15) is 9.59 Å². The highest BCUT2D eigenvalue weighted by Crippen LogP contribution is 2.59. The molecular weight excluding hydrogens is 302 g/mol. The van der Waals surface area contributed by atoms with Gasteiger partial charge in [0.2, 0.25) is 5.91 Å². The van der Waals surface area contributed by atoms with E-state index < -0.39 is 5.41 Å². The molecule has 0 aromatic heterocycles. The first-order valence-electron chi connectivity index (χ1n) is 8.46. The molecule has 1 aromatic carbocycles. The maximum absolute atomic E-state index is 13.4. The van der Waals surface area contributed by atoms with Crippen molar-refractivity contribution in [2.24, 2.45) is 23.2 Å². The molecule has 0 radical (unpaired) electrons. The Morgan fingerprint density at radius 2 is 2.08 bits per heavy atom. The van der Waals surface area contributed by atoms with Gasteiger partial charge in [0.05, 0.1) is 12.5 Å². The van der Waals surface area contributed by atoms with Crippen LogP contribution < -0.4 is 4.90 Å². The van der Waals surface area contributed by atoms with Crippen LogP contribution in [0, 0.1) is 23.2 Å². The molecule has 1 spiro atoms. The Bertz CT molecular complexity index is 724. The minimum atomic E-state index is -0.497. The third kappa shape index (κ3) is 2.05. The van der Waals surface area contributed by atoms with Gasteiger partial charge in [0.25, 0.3) is 0 Å². The van der Waals surface area contributed by atoms with E-state index in [2.05, 4.69) is 12.2 Å². The number of anilines is 1. The van der Waals surface area contributed by atoms with Crippen molar-refractivity contribution >= 4 is 17.6 Å². The number of methoxy groups -OCH3 is 1. The molecule has 0 N–H and O–H groups in total. The predicted molar refractivity (Wildman–Crippen MR) is 91.2 cm³/mol. The zero-order chi connectivity index (χ0) is 16.7. The number of esters is 1. The number of benzene rings is 1. The smallest absolute Gasteiger partial charge is 0.305 e. The Kier molecular flexibility index (Phi) is 3.56. The van der Waals surface area contributed by atoms with E-state index in [-0.39, 0.29) is 29.6 Å². The van der Waals surface area contributed by atoms with Crippen LogP contribution in [0.2, 0.25) is 0 Å². The number of allylic oxidation sites excluding steroid dienone is 3. The number of carbonyl (C=O) groups excluding carboxylic acids is 2. The van der Waals surface area contributed by atoms with Crippen molar-refractivity contribution in [2.45, 2.75) is 12.8 Å². The summed E-state index contributed by atoms with van der Waals surface area (Å²) >= 11 is 0. The molecule has 4 nitrogen and oxygen atoms in total. The fourth-order valence-electron chi connectivity index (χ4n) is 4.82. The van der Waals surface area contributed by atoms with Crippen LogP contribution >= 0.6 is 0 Å². The zero-order valence-corrected chi connectivity index (χ0v) is 13.7. The summed E-state index contributed by atoms with van der Waals surface area (Å²) in [6, 6.07) is 9.85. The number of ether oxygens (including phenoxy) is 1. The fourth-order valence-corrected chi connectivity index (χ4v) is 4.82. The van der Waals surface area contributed by atoms with Crippen LogP contribution in [0.5, 0.6) is 0 Å². The molecular formula is C20H21NO3. The number of nitrogens with zero attached hydrogens (tertiary/aromatic N) is 1. The van der Waals surface area contributed by atoms with Gasteiger partial charge in [-0.2, -0.15) is 0 Å². The molecule has 1 saturated carbocycles. The summed E-state index contributed by atoms with van der Waals surface area (Å²) < 4.78 is 4.85. The van der Waals surface area contributed by atoms with Crippen molar-refractivity contribution in [1.29, 1.82) is 0 Å². The first-order chi connectivity index (χ1) is 11.7. The molecule has 1 amide bonds. The van der Waals surface area contributed by atoms with Crippen LogP contribution in [-0.4, -0.2) is 25.5 Å². The summed E-state index contributed by atoms with van der Waals surface area (Å²) in [5.41, 5.74) is 0.459. The van der Waals surface area contributed by atoms with Crippen molar-refractivity contribution in [3.8, 4) is 0 Å². The van der Waals surface area contributed by atoms with Gasteiger partial charge in [-0.3, -0.25) is 9.59 Å². The van der Waals surface area contributed by atoms with Crippen molar-refractivity contribution in [3.05, 3.63) is 54.6 Å². The number of amides is 1. The topological polar surface area (TPSA) is 46.6 Å². The molecule has 2 fully saturated rings. The molecule has 24 heavy (non-hydrogen) atoms. The summed E-state index contributed by atoms with van der Waals surface area (Å²) in [6.07, 6.45) is 9.43. The van der Waals surface area contributed by atoms with Crippen molar-refractivity contribution in [3.63, 3.8) is 0 Å². The molecule has 0 bridgehead atoms. The Hall–Kier alpha value is -2.36. The first kappa shape index (κ1) is 15.2. The normalized spacial score (nSPS) is 33.5. The molecule has 2 aliphatic carbocycles. The van der Waals surface area contributed by atoms with Crippen molar-refractivity contribution in [1.82, 2.24) is 0 Å². The van der Waals surface area contributed by atoms with Crippen LogP contribution in [0.4, 0.5) is 5.69 Å². The van der Waals surface area contributed by atoms with Gasteiger partial charge in [-0.15, -0.1) is 0 Å². The highest BCUT2D eigenvalue weighted by molar-refractivity contribution is 6.02. The average molecular weight is 323 g/mol. The van der Waals surface area contributed by atoms with Gasteiger partial charge < -0.3 is 9.64 Å². The fraction of sp³-hybridized carbons (Fsp3) is 0.400. The van der Waals surface area contributed by atoms with E-state index in [4.69, 9.17) is 4.74 Å². The standard InChI is InChI=1S/C20H21NO3/c1-24-18(22)12-14-11-15-13-21(16-7-3-2-4-8-16)19(23)20(15)10-6-5-9-17(14)20/h2-10,14-15,17H,11-13H2,1H3/t14-,15-,17+,20-/m1/s1. The van der Waals surface area contributed by atoms with Gasteiger partial charge in [-0.05, 0) is 36.3 Å². The SMILES string of the molecule is COC(=O)C[C@H]1C[C@@H]2CN(c3ccccc3)C(=O)[C@]23C=CC=C[C@@H]13. The third-order valence-corrected chi connectivity index (χ3v) is 5.87. The van der Waals surface area contributed by atoms with Gasteiger partial charge in [-0.25, -0.2) is 0 Å². The molecule has 0 unspecified atom stereocenters. The molecule has 1 aliphatic heterocycles. The Morgan fingerprint density at radius 3 is 2.83 bits per heavy atom. The lowest BCUT2D eigenvalue weighted by Crippen LogP contribution is -2.40. The lowest BCUT2D eigenvalue weighted by molar-refractivity contribution is -0.142. The Morgan fingerprint density at radius 1 is 1.29 bits per heavy atom. The number of rotatable bonds is 3. The number of para-hydroxylation sites is 1. The van der Waals surface area contributed by atoms with Gasteiger partial charge in [-0.1, -0.05) is 42.5 Å². The molecule has 1 heterocycles. The summed E-state index contributed by atoms with van der Waals surface area (Å²) in [7, 11) is 1.42. The number of hydrogen-bond donors (Lipinski definition) is 0. The van der Waals surface area contributed by atoms with Crippen LogP contribution in [0.25, 0.3) is 0 Å². The molecule has 1 aromatic rings. The molecule has 1 saturated heterocycles. The monoisotopic (exact) mass is 323 g/mol. The summed E-state index contributed by atoms with van der Waals surface area (Å²) in [6.45, 7) is 0.717. The maximum Gasteiger partial charge on any atom is 0.305 e. The highest BCUT2D eigenvalue weighted by Gasteiger charge is 2.63. The zero-order valence-electron chi connectivity index (χ0n) is 13.7. The quantitative estimate of drug-likeness (QED) is 0.804. The molecule has 3 aliphatic rings. The second-order valence-electron chi connectivity index (χ2n) is 6.93. The number of hydrogen-bond acceptors (Lipinski definition) is 3. The van der Waals surface area contributed by atoms with Crippen LogP contribution in [0.1, 0.15) is 12.8 Å². The van der Waals surface area contributed by atoms with Crippen molar-refractivity contribution in [2.75, 3.05) is 18.6 Å². The minimum Gasteiger partial charge on any atom is -0.469 e. The second kappa shape index (κ2) is 5.62. The average Bonchev–Trinajstić information content (AvgIpc) is 3.07. The van der Waals surface area contributed by atoms with E-state index in [1.807, 2.05) is 47.4 Å². The first-order valence-corrected chi connectivity index (χ1v) is 8.46. The van der Waals surface area contributed by atoms with Gasteiger partial charge in [0.1, 0.15) is 0 Å². The highest BCUT2D eigenvalue weighted by atomic mass is 16.5. The minimum absolute atomic E-state index is 0.0767. The van der Waals surface area contributed by atoms with Crippen LogP contribution in [0.3, 0.4) is 0 Å². The van der Waals surface area contributed by atoms with Gasteiger partial charge >= 0.3 is 5.97 Å². The lowest BCUT2D eigenvalue weighted by Gasteiger charge is -2.33. The summed E-state index contributed by atoms with van der Waals surface area (Å²) in [5.74, 6) is 0.464. The molecule has 4 heteroatoms.